The van der Waals surface area contributed by atoms with Crippen LogP contribution in [0.2, 0.25) is 0 Å². The fourth-order valence-corrected chi connectivity index (χ4v) is 2.19. The van der Waals surface area contributed by atoms with E-state index >= 15 is 0 Å². The maximum absolute atomic E-state index is 13.4. The van der Waals surface area contributed by atoms with Crippen LogP contribution < -0.4 is 5.43 Å². The van der Waals surface area contributed by atoms with Crippen LogP contribution in [0.1, 0.15) is 11.1 Å². The first-order valence-corrected chi connectivity index (χ1v) is 6.56. The number of hydrazone groups is 1. The number of alkyl halides is 3. The lowest BCUT2D eigenvalue weighted by atomic mass is 9.96. The summed E-state index contributed by atoms with van der Waals surface area (Å²) in [5, 5.41) is 3.72. The number of amides is 1. The van der Waals surface area contributed by atoms with Gasteiger partial charge < -0.3 is 4.74 Å². The number of nitrogens with zero attached hydrogens (tertiary/aromatic N) is 2. The Morgan fingerprint density at radius 2 is 2.00 bits per heavy atom. The van der Waals surface area contributed by atoms with Gasteiger partial charge >= 0.3 is 12.3 Å². The van der Waals surface area contributed by atoms with E-state index in [1.165, 1.54) is 24.5 Å². The summed E-state index contributed by atoms with van der Waals surface area (Å²) in [6.07, 6.45) is -2.43. The number of halogens is 3. The second-order valence-corrected chi connectivity index (χ2v) is 4.75. The summed E-state index contributed by atoms with van der Waals surface area (Å²) < 4.78 is 44.9. The van der Waals surface area contributed by atoms with Gasteiger partial charge in [-0.1, -0.05) is 18.2 Å². The molecule has 118 valence electrons. The molecule has 1 aliphatic rings. The fourth-order valence-electron chi connectivity index (χ4n) is 2.19. The monoisotopic (exact) mass is 321 g/mol. The van der Waals surface area contributed by atoms with E-state index in [2.05, 4.69) is 15.5 Å². The quantitative estimate of drug-likeness (QED) is 0.924. The molecule has 0 atom stereocenters. The van der Waals surface area contributed by atoms with Gasteiger partial charge in [0, 0.05) is 23.5 Å². The lowest BCUT2D eigenvalue weighted by Gasteiger charge is -2.17. The van der Waals surface area contributed by atoms with Crippen LogP contribution in [-0.2, 0) is 10.9 Å². The Balaban J connectivity index is 2.08. The van der Waals surface area contributed by atoms with E-state index in [0.717, 1.165) is 6.07 Å². The van der Waals surface area contributed by atoms with Gasteiger partial charge in [-0.05, 0) is 17.7 Å². The van der Waals surface area contributed by atoms with Crippen molar-refractivity contribution in [3.63, 3.8) is 0 Å². The zero-order chi connectivity index (χ0) is 16.4. The van der Waals surface area contributed by atoms with Crippen molar-refractivity contribution in [2.45, 2.75) is 6.18 Å². The van der Waals surface area contributed by atoms with Gasteiger partial charge in [-0.15, -0.1) is 0 Å². The van der Waals surface area contributed by atoms with Crippen LogP contribution in [-0.4, -0.2) is 23.4 Å². The molecule has 0 saturated heterocycles. The topological polar surface area (TPSA) is 63.6 Å². The lowest BCUT2D eigenvalue weighted by molar-refractivity contribution is -0.137. The van der Waals surface area contributed by atoms with Gasteiger partial charge in [-0.3, -0.25) is 4.98 Å². The Hall–Kier alpha value is -2.90. The molecule has 0 aliphatic carbocycles. The molecule has 1 N–H and O–H groups in total. The SMILES string of the molecule is O=C1NN=C(c2ccc(-c3cccnc3)c(C(F)(F)F)c2)CO1. The number of ether oxygens (including phenoxy) is 1. The summed E-state index contributed by atoms with van der Waals surface area (Å²) in [6, 6.07) is 6.96. The molecule has 3 rings (SSSR count). The minimum atomic E-state index is -4.54. The van der Waals surface area contributed by atoms with E-state index < -0.39 is 17.8 Å². The van der Waals surface area contributed by atoms with E-state index in [0.29, 0.717) is 5.56 Å². The molecule has 1 amide bonds. The normalized spacial score (nSPS) is 14.7. The van der Waals surface area contributed by atoms with Gasteiger partial charge in [0.2, 0.25) is 0 Å². The third kappa shape index (κ3) is 3.15. The molecule has 1 aromatic heterocycles. The number of rotatable bonds is 2. The fraction of sp³-hybridized carbons (Fsp3) is 0.133. The van der Waals surface area contributed by atoms with Gasteiger partial charge in [0.1, 0.15) is 12.3 Å². The third-order valence-corrected chi connectivity index (χ3v) is 3.25. The molecule has 0 bridgehead atoms. The molecule has 23 heavy (non-hydrogen) atoms. The van der Waals surface area contributed by atoms with Crippen LogP contribution in [0.15, 0.2) is 47.8 Å². The van der Waals surface area contributed by atoms with Crippen molar-refractivity contribution in [3.05, 3.63) is 53.9 Å². The molecule has 0 saturated carbocycles. The summed E-state index contributed by atoms with van der Waals surface area (Å²) in [6.45, 7) is -0.185. The third-order valence-electron chi connectivity index (χ3n) is 3.25. The number of pyridine rings is 1. The van der Waals surface area contributed by atoms with Gasteiger partial charge in [-0.25, -0.2) is 10.2 Å². The second-order valence-electron chi connectivity index (χ2n) is 4.75. The standard InChI is InChI=1S/C15H10F3N3O2/c16-15(17,18)12-6-9(13-8-23-14(22)21-20-13)3-4-11(12)10-2-1-5-19-7-10/h1-7H,8H2,(H,21,22). The Kier molecular flexibility index (Phi) is 3.73. The van der Waals surface area contributed by atoms with Crippen LogP contribution in [0.4, 0.5) is 18.0 Å². The number of hydrogen-bond acceptors (Lipinski definition) is 4. The first-order chi connectivity index (χ1) is 10.9. The number of carbonyl (C=O) groups excluding carboxylic acids is 1. The van der Waals surface area contributed by atoms with Gasteiger partial charge in [0.25, 0.3) is 0 Å². The molecular formula is C15H10F3N3O2. The van der Waals surface area contributed by atoms with Crippen molar-refractivity contribution >= 4 is 11.8 Å². The first-order valence-electron chi connectivity index (χ1n) is 6.56. The van der Waals surface area contributed by atoms with Crippen molar-refractivity contribution in [1.29, 1.82) is 0 Å². The smallest absolute Gasteiger partial charge is 0.428 e. The maximum atomic E-state index is 13.4. The molecule has 0 fully saturated rings. The Bertz CT molecular complexity index is 773. The van der Waals surface area contributed by atoms with Crippen molar-refractivity contribution in [1.82, 2.24) is 10.4 Å². The number of carbonyl (C=O) groups is 1. The van der Waals surface area contributed by atoms with Crippen molar-refractivity contribution in [2.75, 3.05) is 6.61 Å². The average Bonchev–Trinajstić information content (AvgIpc) is 2.55. The van der Waals surface area contributed by atoms with Crippen molar-refractivity contribution in [2.24, 2.45) is 5.10 Å². The maximum Gasteiger partial charge on any atom is 0.428 e. The Morgan fingerprint density at radius 1 is 1.17 bits per heavy atom. The molecular weight excluding hydrogens is 311 g/mol. The molecule has 0 unspecified atom stereocenters. The molecule has 1 aromatic carbocycles. The predicted octanol–water partition coefficient (Wildman–Crippen LogP) is 3.21. The molecule has 5 nitrogen and oxygen atoms in total. The van der Waals surface area contributed by atoms with E-state index in [1.54, 1.807) is 12.1 Å². The molecule has 0 radical (unpaired) electrons. The summed E-state index contributed by atoms with van der Waals surface area (Å²) in [5.74, 6) is 0. The number of nitrogens with one attached hydrogen (secondary N) is 1. The van der Waals surface area contributed by atoms with E-state index in [1.807, 2.05) is 0 Å². The zero-order valence-corrected chi connectivity index (χ0v) is 11.6. The van der Waals surface area contributed by atoms with Crippen LogP contribution in [0.3, 0.4) is 0 Å². The van der Waals surface area contributed by atoms with E-state index in [4.69, 9.17) is 4.74 Å². The highest BCUT2D eigenvalue weighted by Crippen LogP contribution is 2.37. The largest absolute Gasteiger partial charge is 0.442 e. The minimum absolute atomic E-state index is 0.0238. The van der Waals surface area contributed by atoms with Gasteiger partial charge in [0.15, 0.2) is 0 Å². The minimum Gasteiger partial charge on any atom is -0.442 e. The lowest BCUT2D eigenvalue weighted by Crippen LogP contribution is -2.30. The van der Waals surface area contributed by atoms with Gasteiger partial charge in [0.05, 0.1) is 5.56 Å². The summed E-state index contributed by atoms with van der Waals surface area (Å²) in [7, 11) is 0. The molecule has 2 heterocycles. The summed E-state index contributed by atoms with van der Waals surface area (Å²) in [4.78, 5) is 14.7. The zero-order valence-electron chi connectivity index (χ0n) is 11.6. The van der Waals surface area contributed by atoms with Crippen molar-refractivity contribution < 1.29 is 22.7 Å². The highest BCUT2D eigenvalue weighted by Gasteiger charge is 2.34. The van der Waals surface area contributed by atoms with E-state index in [-0.39, 0.29) is 23.4 Å². The van der Waals surface area contributed by atoms with Crippen molar-refractivity contribution in [3.8, 4) is 11.1 Å². The summed E-state index contributed by atoms with van der Waals surface area (Å²) in [5.41, 5.74) is 2.10. The Labute approximate surface area is 128 Å². The van der Waals surface area contributed by atoms with Crippen LogP contribution in [0.5, 0.6) is 0 Å². The number of cyclic esters (lactones) is 1. The molecule has 0 spiro atoms. The van der Waals surface area contributed by atoms with Crippen LogP contribution >= 0.6 is 0 Å². The predicted molar refractivity (Wildman–Crippen MR) is 75.7 cm³/mol. The highest BCUT2D eigenvalue weighted by atomic mass is 19.4. The van der Waals surface area contributed by atoms with Crippen LogP contribution in [0, 0.1) is 0 Å². The molecule has 2 aromatic rings. The second kappa shape index (κ2) is 5.71. The Morgan fingerprint density at radius 3 is 2.61 bits per heavy atom. The number of benzene rings is 1. The molecule has 8 heteroatoms. The van der Waals surface area contributed by atoms with Crippen LogP contribution in [0.25, 0.3) is 11.1 Å². The molecule has 1 aliphatic heterocycles. The number of aromatic nitrogens is 1. The number of hydrogen-bond donors (Lipinski definition) is 1. The average molecular weight is 321 g/mol. The van der Waals surface area contributed by atoms with E-state index in [9.17, 15) is 18.0 Å². The highest BCUT2D eigenvalue weighted by molar-refractivity contribution is 6.04. The first kappa shape index (κ1) is 15.0. The summed E-state index contributed by atoms with van der Waals surface area (Å²) >= 11 is 0. The van der Waals surface area contributed by atoms with Gasteiger partial charge in [-0.2, -0.15) is 18.3 Å².